The Balaban J connectivity index is 1.57. The third-order valence-electron chi connectivity index (χ3n) is 4.16. The molecule has 0 saturated heterocycles. The molecule has 4 nitrogen and oxygen atoms in total. The summed E-state index contributed by atoms with van der Waals surface area (Å²) in [5.74, 6) is -0.714. The van der Waals surface area contributed by atoms with Gasteiger partial charge >= 0.3 is 6.03 Å². The Kier molecular flexibility index (Phi) is 5.31. The predicted molar refractivity (Wildman–Crippen MR) is 112 cm³/mol. The lowest BCUT2D eigenvalue weighted by Gasteiger charge is -2.11. The van der Waals surface area contributed by atoms with Gasteiger partial charge in [0.25, 0.3) is 0 Å². The minimum absolute atomic E-state index is 0.335. The normalized spacial score (nSPS) is 10.6. The average molecular weight is 407 g/mol. The van der Waals surface area contributed by atoms with Gasteiger partial charge in [-0.15, -0.1) is 11.3 Å². The van der Waals surface area contributed by atoms with Gasteiger partial charge in [-0.1, -0.05) is 30.3 Å². The van der Waals surface area contributed by atoms with Crippen LogP contribution in [0.15, 0.2) is 78.2 Å². The number of rotatable bonds is 4. The van der Waals surface area contributed by atoms with Crippen molar-refractivity contribution in [1.82, 2.24) is 4.98 Å². The summed E-state index contributed by atoms with van der Waals surface area (Å²) in [6.07, 6.45) is 0. The van der Waals surface area contributed by atoms with Gasteiger partial charge in [-0.3, -0.25) is 0 Å². The molecular formula is C22H15F2N3OS. The predicted octanol–water partition coefficient (Wildman–Crippen LogP) is 6.40. The first kappa shape index (κ1) is 18.8. The lowest BCUT2D eigenvalue weighted by molar-refractivity contribution is 0.262. The second-order valence-electron chi connectivity index (χ2n) is 6.15. The molecule has 0 aliphatic rings. The second kappa shape index (κ2) is 8.20. The SMILES string of the molecule is O=C(Nc1ccc(F)cc1)Nc1ccccc1-c1csc(-c2ccccc2F)n1. The fraction of sp³-hybridized carbons (Fsp3) is 0. The highest BCUT2D eigenvalue weighted by atomic mass is 32.1. The van der Waals surface area contributed by atoms with Crippen molar-refractivity contribution in [1.29, 1.82) is 0 Å². The topological polar surface area (TPSA) is 54.0 Å². The summed E-state index contributed by atoms with van der Waals surface area (Å²) >= 11 is 1.33. The van der Waals surface area contributed by atoms with Crippen molar-refractivity contribution in [3.8, 4) is 21.8 Å². The summed E-state index contributed by atoms with van der Waals surface area (Å²) in [4.78, 5) is 16.9. The highest BCUT2D eigenvalue weighted by Gasteiger charge is 2.14. The molecule has 0 bridgehead atoms. The van der Waals surface area contributed by atoms with Crippen molar-refractivity contribution in [2.45, 2.75) is 0 Å². The summed E-state index contributed by atoms with van der Waals surface area (Å²) in [5, 5.41) is 7.81. The number of thiazole rings is 1. The van der Waals surface area contributed by atoms with Gasteiger partial charge in [0, 0.05) is 22.2 Å². The van der Waals surface area contributed by atoms with Crippen LogP contribution >= 0.6 is 11.3 Å². The maximum Gasteiger partial charge on any atom is 0.323 e. The zero-order chi connectivity index (χ0) is 20.2. The standard InChI is InChI=1S/C22H15F2N3OS/c23-14-9-11-15(12-10-14)25-22(28)27-19-8-4-2-6-17(19)20-13-29-21(26-20)16-5-1-3-7-18(16)24/h1-13H,(H2,25,27,28). The molecule has 4 aromatic rings. The molecule has 7 heteroatoms. The van der Waals surface area contributed by atoms with Crippen LogP contribution in [0.4, 0.5) is 25.0 Å². The van der Waals surface area contributed by atoms with Crippen LogP contribution in [0.5, 0.6) is 0 Å². The fourth-order valence-corrected chi connectivity index (χ4v) is 3.64. The van der Waals surface area contributed by atoms with Crippen molar-refractivity contribution in [3.63, 3.8) is 0 Å². The Labute approximate surface area is 169 Å². The van der Waals surface area contributed by atoms with E-state index in [0.717, 1.165) is 0 Å². The minimum atomic E-state index is -0.464. The first-order chi connectivity index (χ1) is 14.1. The van der Waals surface area contributed by atoms with E-state index < -0.39 is 6.03 Å². The van der Waals surface area contributed by atoms with Gasteiger partial charge < -0.3 is 10.6 Å². The molecule has 0 aliphatic carbocycles. The molecule has 0 saturated carbocycles. The van der Waals surface area contributed by atoms with E-state index >= 15 is 0 Å². The molecule has 2 N–H and O–H groups in total. The van der Waals surface area contributed by atoms with E-state index in [-0.39, 0.29) is 11.6 Å². The number of nitrogens with one attached hydrogen (secondary N) is 2. The molecule has 1 aromatic heterocycles. The van der Waals surface area contributed by atoms with E-state index in [2.05, 4.69) is 15.6 Å². The van der Waals surface area contributed by atoms with Crippen LogP contribution in [0.1, 0.15) is 0 Å². The highest BCUT2D eigenvalue weighted by molar-refractivity contribution is 7.13. The number of urea groups is 1. The van der Waals surface area contributed by atoms with Crippen molar-refractivity contribution in [2.24, 2.45) is 0 Å². The van der Waals surface area contributed by atoms with Gasteiger partial charge in [0.15, 0.2) is 0 Å². The van der Waals surface area contributed by atoms with Crippen LogP contribution in [0, 0.1) is 11.6 Å². The zero-order valence-electron chi connectivity index (χ0n) is 15.0. The molecular weight excluding hydrogens is 392 g/mol. The molecule has 4 rings (SSSR count). The number of hydrogen-bond acceptors (Lipinski definition) is 3. The molecule has 144 valence electrons. The van der Waals surface area contributed by atoms with Gasteiger partial charge in [-0.2, -0.15) is 0 Å². The zero-order valence-corrected chi connectivity index (χ0v) is 15.8. The lowest BCUT2D eigenvalue weighted by atomic mass is 10.1. The molecule has 0 spiro atoms. The molecule has 0 aliphatic heterocycles. The Hall–Kier alpha value is -3.58. The average Bonchev–Trinajstić information content (AvgIpc) is 3.20. The summed E-state index contributed by atoms with van der Waals surface area (Å²) < 4.78 is 27.1. The van der Waals surface area contributed by atoms with Crippen LogP contribution in [-0.2, 0) is 0 Å². The van der Waals surface area contributed by atoms with Crippen LogP contribution in [0.25, 0.3) is 21.8 Å². The summed E-state index contributed by atoms with van der Waals surface area (Å²) in [6.45, 7) is 0. The number of aromatic nitrogens is 1. The van der Waals surface area contributed by atoms with E-state index in [1.165, 1.54) is 41.7 Å². The van der Waals surface area contributed by atoms with E-state index in [0.29, 0.717) is 33.2 Å². The molecule has 0 radical (unpaired) electrons. The first-order valence-corrected chi connectivity index (χ1v) is 9.61. The first-order valence-electron chi connectivity index (χ1n) is 8.73. The maximum absolute atomic E-state index is 14.0. The molecule has 2 amide bonds. The monoisotopic (exact) mass is 407 g/mol. The van der Waals surface area contributed by atoms with Gasteiger partial charge in [-0.25, -0.2) is 18.6 Å². The number of para-hydroxylation sites is 1. The Morgan fingerprint density at radius 2 is 1.52 bits per heavy atom. The lowest BCUT2D eigenvalue weighted by Crippen LogP contribution is -2.19. The smallest absolute Gasteiger partial charge is 0.308 e. The number of halogens is 2. The quantitative estimate of drug-likeness (QED) is 0.411. The van der Waals surface area contributed by atoms with Crippen LogP contribution < -0.4 is 10.6 Å². The summed E-state index contributed by atoms with van der Waals surface area (Å²) in [7, 11) is 0. The maximum atomic E-state index is 14.0. The van der Waals surface area contributed by atoms with E-state index in [1.807, 2.05) is 17.5 Å². The Morgan fingerprint density at radius 3 is 2.28 bits per heavy atom. The van der Waals surface area contributed by atoms with Crippen LogP contribution in [0.2, 0.25) is 0 Å². The number of carbonyl (C=O) groups is 1. The van der Waals surface area contributed by atoms with Crippen molar-refractivity contribution < 1.29 is 13.6 Å². The van der Waals surface area contributed by atoms with Crippen molar-refractivity contribution >= 4 is 28.7 Å². The molecule has 0 atom stereocenters. The molecule has 0 fully saturated rings. The number of hydrogen-bond donors (Lipinski definition) is 2. The van der Waals surface area contributed by atoms with Crippen molar-refractivity contribution in [3.05, 3.63) is 89.8 Å². The van der Waals surface area contributed by atoms with Crippen LogP contribution in [0.3, 0.4) is 0 Å². The van der Waals surface area contributed by atoms with Crippen LogP contribution in [-0.4, -0.2) is 11.0 Å². The van der Waals surface area contributed by atoms with Gasteiger partial charge in [0.2, 0.25) is 0 Å². The summed E-state index contributed by atoms with van der Waals surface area (Å²) in [5.41, 5.74) is 2.80. The van der Waals surface area contributed by atoms with Gasteiger partial charge in [0.05, 0.1) is 11.4 Å². The number of carbonyl (C=O) groups excluding carboxylic acids is 1. The minimum Gasteiger partial charge on any atom is -0.308 e. The summed E-state index contributed by atoms with van der Waals surface area (Å²) in [6, 6.07) is 18.7. The van der Waals surface area contributed by atoms with E-state index in [9.17, 15) is 13.6 Å². The highest BCUT2D eigenvalue weighted by Crippen LogP contribution is 2.33. The molecule has 0 unspecified atom stereocenters. The fourth-order valence-electron chi connectivity index (χ4n) is 2.79. The number of nitrogens with zero attached hydrogens (tertiary/aromatic N) is 1. The third-order valence-corrected chi connectivity index (χ3v) is 5.04. The third kappa shape index (κ3) is 4.30. The van der Waals surface area contributed by atoms with Gasteiger partial charge in [0.1, 0.15) is 16.6 Å². The molecule has 3 aromatic carbocycles. The number of amides is 2. The van der Waals surface area contributed by atoms with E-state index in [4.69, 9.17) is 0 Å². The number of anilines is 2. The second-order valence-corrected chi connectivity index (χ2v) is 7.01. The Bertz CT molecular complexity index is 1160. The van der Waals surface area contributed by atoms with Gasteiger partial charge in [-0.05, 0) is 42.5 Å². The Morgan fingerprint density at radius 1 is 0.828 bits per heavy atom. The van der Waals surface area contributed by atoms with E-state index in [1.54, 1.807) is 30.3 Å². The number of benzene rings is 3. The van der Waals surface area contributed by atoms with Crippen molar-refractivity contribution in [2.75, 3.05) is 10.6 Å². The largest absolute Gasteiger partial charge is 0.323 e. The molecule has 1 heterocycles. The molecule has 29 heavy (non-hydrogen) atoms.